The van der Waals surface area contributed by atoms with Gasteiger partial charge in [-0.05, 0) is 11.6 Å². The average molecular weight is 423 g/mol. The van der Waals surface area contributed by atoms with E-state index < -0.39 is 17.5 Å². The molecular formula is C22H21N3O6. The number of allylic oxidation sites excluding steroid dienone is 1. The van der Waals surface area contributed by atoms with E-state index in [1.165, 1.54) is 26.4 Å². The maximum absolute atomic E-state index is 13.4. The number of carbonyl (C=O) groups is 2. The van der Waals surface area contributed by atoms with Gasteiger partial charge in [-0.1, -0.05) is 18.2 Å². The molecule has 0 spiro atoms. The summed E-state index contributed by atoms with van der Waals surface area (Å²) in [6.07, 6.45) is 0.353. The molecule has 2 aromatic rings. The monoisotopic (exact) mass is 423 g/mol. The molecule has 0 amide bonds. The standard InChI is InChI=1S/C22H21N3O6/c1-29-14-9-13(10-15(11-14)30-2)25-20(23)18(19(26)22(25,28)21(27)31-3)17-8-12-6-4-5-7-16(12)24-17/h4-7,9-11,23-24,28H,8H2,1-3H3. The van der Waals surface area contributed by atoms with Crippen LogP contribution < -0.4 is 19.7 Å². The summed E-state index contributed by atoms with van der Waals surface area (Å²) in [6.45, 7) is 0. The molecule has 2 aliphatic heterocycles. The second-order valence-corrected chi connectivity index (χ2v) is 7.06. The summed E-state index contributed by atoms with van der Waals surface area (Å²) in [6, 6.07) is 12.0. The van der Waals surface area contributed by atoms with Crippen LogP contribution in [0, 0.1) is 5.41 Å². The Bertz CT molecular complexity index is 1090. The summed E-state index contributed by atoms with van der Waals surface area (Å²) >= 11 is 0. The Labute approximate surface area is 178 Å². The fourth-order valence-corrected chi connectivity index (χ4v) is 3.85. The topological polar surface area (TPSA) is 121 Å². The molecule has 1 fully saturated rings. The zero-order valence-corrected chi connectivity index (χ0v) is 17.2. The van der Waals surface area contributed by atoms with E-state index in [4.69, 9.17) is 19.6 Å². The van der Waals surface area contributed by atoms with E-state index in [2.05, 4.69) is 5.32 Å². The highest BCUT2D eigenvalue weighted by Gasteiger charge is 2.61. The van der Waals surface area contributed by atoms with Crippen LogP contribution in [0.3, 0.4) is 0 Å². The second-order valence-electron chi connectivity index (χ2n) is 7.06. The highest BCUT2D eigenvalue weighted by atomic mass is 16.5. The Kier molecular flexibility index (Phi) is 4.90. The second kappa shape index (κ2) is 7.44. The number of rotatable bonds is 4. The predicted molar refractivity (Wildman–Crippen MR) is 113 cm³/mol. The van der Waals surface area contributed by atoms with Crippen molar-refractivity contribution >= 4 is 29.0 Å². The van der Waals surface area contributed by atoms with Crippen molar-refractivity contribution in [3.8, 4) is 11.5 Å². The van der Waals surface area contributed by atoms with Gasteiger partial charge in [0.1, 0.15) is 17.3 Å². The summed E-state index contributed by atoms with van der Waals surface area (Å²) in [4.78, 5) is 26.9. The highest BCUT2D eigenvalue weighted by molar-refractivity contribution is 6.41. The molecule has 0 bridgehead atoms. The first-order valence-electron chi connectivity index (χ1n) is 9.41. The molecule has 4 rings (SSSR count). The Morgan fingerprint density at radius 2 is 1.77 bits per heavy atom. The lowest BCUT2D eigenvalue weighted by Gasteiger charge is -2.30. The highest BCUT2D eigenvalue weighted by Crippen LogP contribution is 2.41. The first-order valence-corrected chi connectivity index (χ1v) is 9.41. The summed E-state index contributed by atoms with van der Waals surface area (Å²) in [5.74, 6) is -1.77. The first-order chi connectivity index (χ1) is 14.8. The Morgan fingerprint density at radius 1 is 1.13 bits per heavy atom. The van der Waals surface area contributed by atoms with Crippen molar-refractivity contribution < 1.29 is 28.9 Å². The number of para-hydroxylation sites is 1. The number of hydrogen-bond acceptors (Lipinski definition) is 8. The molecule has 1 saturated heterocycles. The number of Topliss-reactive ketones (excluding diaryl/α,β-unsaturated/α-hetero) is 1. The van der Waals surface area contributed by atoms with Gasteiger partial charge in [-0.15, -0.1) is 0 Å². The molecule has 9 nitrogen and oxygen atoms in total. The van der Waals surface area contributed by atoms with Crippen LogP contribution in [0.15, 0.2) is 53.7 Å². The fraction of sp³-hybridized carbons (Fsp3) is 0.227. The number of nitrogens with one attached hydrogen (secondary N) is 2. The molecule has 0 aliphatic carbocycles. The van der Waals surface area contributed by atoms with E-state index in [9.17, 15) is 14.7 Å². The Morgan fingerprint density at radius 3 is 2.35 bits per heavy atom. The molecule has 2 aromatic carbocycles. The Hall–Kier alpha value is -3.85. The molecule has 31 heavy (non-hydrogen) atoms. The number of amidine groups is 1. The SMILES string of the molecule is COC(=O)C1(O)C(=O)C(=C2Cc3ccccc3N2)C(=N)N1c1cc(OC)cc(OC)c1. The predicted octanol–water partition coefficient (Wildman–Crippen LogP) is 1.85. The molecule has 0 saturated carbocycles. The van der Waals surface area contributed by atoms with Gasteiger partial charge >= 0.3 is 11.7 Å². The fourth-order valence-electron chi connectivity index (χ4n) is 3.85. The summed E-state index contributed by atoms with van der Waals surface area (Å²) in [5, 5.41) is 23.2. The van der Waals surface area contributed by atoms with Crippen molar-refractivity contribution in [2.24, 2.45) is 0 Å². The van der Waals surface area contributed by atoms with Gasteiger partial charge in [-0.25, -0.2) is 4.79 Å². The van der Waals surface area contributed by atoms with Crippen molar-refractivity contribution in [1.82, 2.24) is 0 Å². The number of methoxy groups -OCH3 is 3. The third-order valence-corrected chi connectivity index (χ3v) is 5.36. The number of anilines is 2. The van der Waals surface area contributed by atoms with Crippen LogP contribution in [0.4, 0.5) is 11.4 Å². The number of aliphatic hydroxyl groups is 1. The number of fused-ring (bicyclic) bond motifs is 1. The molecule has 160 valence electrons. The zero-order valence-electron chi connectivity index (χ0n) is 17.2. The number of hydrogen-bond donors (Lipinski definition) is 3. The normalized spacial score (nSPS) is 22.3. The van der Waals surface area contributed by atoms with Crippen LogP contribution in [0.2, 0.25) is 0 Å². The van der Waals surface area contributed by atoms with E-state index in [1.54, 1.807) is 6.07 Å². The number of benzene rings is 2. The van der Waals surface area contributed by atoms with Gasteiger partial charge < -0.3 is 24.6 Å². The molecule has 0 radical (unpaired) electrons. The van der Waals surface area contributed by atoms with E-state index in [0.717, 1.165) is 23.3 Å². The minimum absolute atomic E-state index is 0.0918. The lowest BCUT2D eigenvalue weighted by atomic mass is 10.0. The molecular weight excluding hydrogens is 402 g/mol. The maximum atomic E-state index is 13.4. The third-order valence-electron chi connectivity index (χ3n) is 5.36. The van der Waals surface area contributed by atoms with E-state index >= 15 is 0 Å². The first kappa shape index (κ1) is 20.4. The van der Waals surface area contributed by atoms with Crippen molar-refractivity contribution in [2.75, 3.05) is 31.5 Å². The van der Waals surface area contributed by atoms with E-state index in [1.807, 2.05) is 24.3 Å². The molecule has 2 heterocycles. The van der Waals surface area contributed by atoms with Gasteiger partial charge in [-0.2, -0.15) is 0 Å². The minimum atomic E-state index is -2.75. The van der Waals surface area contributed by atoms with E-state index in [-0.39, 0.29) is 17.1 Å². The van der Waals surface area contributed by atoms with Gasteiger partial charge in [0.25, 0.3) is 0 Å². The molecule has 1 unspecified atom stereocenters. The third kappa shape index (κ3) is 3.01. The van der Waals surface area contributed by atoms with Crippen molar-refractivity contribution in [3.63, 3.8) is 0 Å². The van der Waals surface area contributed by atoms with Crippen LogP contribution >= 0.6 is 0 Å². The van der Waals surface area contributed by atoms with Crippen molar-refractivity contribution in [1.29, 1.82) is 5.41 Å². The van der Waals surface area contributed by atoms with Gasteiger partial charge in [0, 0.05) is 36.0 Å². The molecule has 3 N–H and O–H groups in total. The Balaban J connectivity index is 1.89. The number of ether oxygens (including phenoxy) is 3. The van der Waals surface area contributed by atoms with Crippen LogP contribution in [-0.4, -0.2) is 49.7 Å². The lowest BCUT2D eigenvalue weighted by molar-refractivity contribution is -0.164. The van der Waals surface area contributed by atoms with Crippen LogP contribution in [-0.2, 0) is 20.7 Å². The lowest BCUT2D eigenvalue weighted by Crippen LogP contribution is -2.56. The van der Waals surface area contributed by atoms with Gasteiger partial charge in [0.05, 0.1) is 32.6 Å². The van der Waals surface area contributed by atoms with Crippen molar-refractivity contribution in [3.05, 3.63) is 59.3 Å². The number of nitrogens with zero attached hydrogens (tertiary/aromatic N) is 1. The largest absolute Gasteiger partial charge is 0.497 e. The minimum Gasteiger partial charge on any atom is -0.497 e. The summed E-state index contributed by atoms with van der Waals surface area (Å²) in [7, 11) is 3.95. The number of carbonyl (C=O) groups excluding carboxylic acids is 2. The smallest absolute Gasteiger partial charge is 0.368 e. The zero-order chi connectivity index (χ0) is 22.3. The van der Waals surface area contributed by atoms with Crippen LogP contribution in [0.5, 0.6) is 11.5 Å². The molecule has 9 heteroatoms. The quantitative estimate of drug-likeness (QED) is 0.387. The van der Waals surface area contributed by atoms with Gasteiger partial charge in [0.2, 0.25) is 5.78 Å². The molecule has 1 atom stereocenters. The number of esters is 1. The van der Waals surface area contributed by atoms with Crippen molar-refractivity contribution in [2.45, 2.75) is 12.1 Å². The summed E-state index contributed by atoms with van der Waals surface area (Å²) < 4.78 is 15.3. The molecule has 0 aromatic heterocycles. The maximum Gasteiger partial charge on any atom is 0.368 e. The summed E-state index contributed by atoms with van der Waals surface area (Å²) in [5.41, 5.74) is -0.514. The van der Waals surface area contributed by atoms with Crippen LogP contribution in [0.25, 0.3) is 0 Å². The molecule has 2 aliphatic rings. The number of ketones is 1. The van der Waals surface area contributed by atoms with Gasteiger partial charge in [0.15, 0.2) is 0 Å². The van der Waals surface area contributed by atoms with Crippen LogP contribution in [0.1, 0.15) is 5.56 Å². The van der Waals surface area contributed by atoms with Gasteiger partial charge in [-0.3, -0.25) is 15.1 Å². The average Bonchev–Trinajstić information content (AvgIpc) is 3.29. The van der Waals surface area contributed by atoms with E-state index in [0.29, 0.717) is 23.6 Å².